The number of nitrogens with zero attached hydrogens (tertiary/aromatic N) is 5. The molecule has 328 valence electrons. The molecule has 0 saturated carbocycles. The highest BCUT2D eigenvalue weighted by Crippen LogP contribution is 2.46. The molecule has 0 aliphatic carbocycles. The van der Waals surface area contributed by atoms with Crippen LogP contribution in [0.15, 0.2) is 85.5 Å². The average molecular weight is 972 g/mol. The summed E-state index contributed by atoms with van der Waals surface area (Å²) in [6.45, 7) is 7.86. The van der Waals surface area contributed by atoms with Crippen LogP contribution < -0.4 is 0 Å². The summed E-state index contributed by atoms with van der Waals surface area (Å²) in [5.41, 5.74) is 5.30. The van der Waals surface area contributed by atoms with Gasteiger partial charge in [0.25, 0.3) is 0 Å². The molecule has 0 N–H and O–H groups in total. The van der Waals surface area contributed by atoms with Gasteiger partial charge in [-0.15, -0.1) is 79.4 Å². The van der Waals surface area contributed by atoms with E-state index in [0.29, 0.717) is 0 Å². The van der Waals surface area contributed by atoms with E-state index in [1.165, 1.54) is 158 Å². The fraction of sp³-hybridized carbons (Fsp3) is 0.346. The highest BCUT2D eigenvalue weighted by molar-refractivity contribution is 7.28. The van der Waals surface area contributed by atoms with E-state index in [2.05, 4.69) is 98.4 Å². The largest absolute Gasteiger partial charge is 0.339 e. The summed E-state index contributed by atoms with van der Waals surface area (Å²) in [5.74, 6) is 0. The van der Waals surface area contributed by atoms with Gasteiger partial charge in [0.2, 0.25) is 0 Å². The molecule has 0 radical (unpaired) electrons. The van der Waals surface area contributed by atoms with Gasteiger partial charge < -0.3 is 4.57 Å². The molecule has 0 atom stereocenters. The van der Waals surface area contributed by atoms with Gasteiger partial charge >= 0.3 is 0 Å². The van der Waals surface area contributed by atoms with E-state index in [1.807, 2.05) is 46.4 Å². The standard InChI is InChI=1S/C52H53N5S7/c1-4-7-10-13-16-35-29-53-49(58-35)51-55-31-45(63-51)42-24-22-40(60-42)33-18-20-37-39(27-33)57(26-15-12-9-6-3)47-38-21-19-34(28-44(38)62-48(37)47)41-23-25-43(61-41)46-32-56-52(64-46)50-54-30-36(59-50)17-14-11-8-5-2/h18-25,27-32H,4-17,26H2,1-3H3. The highest BCUT2D eigenvalue weighted by Gasteiger charge is 2.20. The van der Waals surface area contributed by atoms with Crippen LogP contribution in [0.3, 0.4) is 0 Å². The van der Waals surface area contributed by atoms with Crippen molar-refractivity contribution in [3.05, 3.63) is 95.2 Å². The van der Waals surface area contributed by atoms with Crippen molar-refractivity contribution in [2.75, 3.05) is 0 Å². The quantitative estimate of drug-likeness (QED) is 0.0673. The predicted octanol–water partition coefficient (Wildman–Crippen LogP) is 18.8. The van der Waals surface area contributed by atoms with Crippen LogP contribution >= 0.6 is 79.4 Å². The predicted molar refractivity (Wildman–Crippen MR) is 286 cm³/mol. The second-order valence-electron chi connectivity index (χ2n) is 16.7. The van der Waals surface area contributed by atoms with Gasteiger partial charge in [0.1, 0.15) is 0 Å². The first kappa shape index (κ1) is 44.0. The van der Waals surface area contributed by atoms with Crippen LogP contribution in [0.2, 0.25) is 0 Å². The number of thiophene rings is 3. The molecule has 0 aliphatic rings. The first-order valence-corrected chi connectivity index (χ1v) is 28.8. The molecule has 0 spiro atoms. The average Bonchev–Trinajstić information content (AvgIpc) is 4.17. The monoisotopic (exact) mass is 971 g/mol. The van der Waals surface area contributed by atoms with Crippen LogP contribution in [-0.4, -0.2) is 24.5 Å². The van der Waals surface area contributed by atoms with Crippen molar-refractivity contribution in [1.82, 2.24) is 24.5 Å². The SMILES string of the molecule is CCCCCCc1cnc(-c2ncc(-c3ccc(-c4ccc5c(c4)sc4c6ccc(-c7ccc(-c8cnc(-c9ncc(CCCCCC)s9)s8)s7)cc6n(CCCCCC)c54)s3)s2)s1. The van der Waals surface area contributed by atoms with Crippen LogP contribution in [0.4, 0.5) is 0 Å². The Labute approximate surface area is 404 Å². The minimum absolute atomic E-state index is 1.02. The second-order valence-corrected chi connectivity index (χ2v) is 24.2. The molecule has 8 heterocycles. The minimum Gasteiger partial charge on any atom is -0.339 e. The lowest BCUT2D eigenvalue weighted by Crippen LogP contribution is -1.98. The van der Waals surface area contributed by atoms with Crippen LogP contribution in [0.25, 0.3) is 91.6 Å². The molecule has 10 rings (SSSR count). The molecular formula is C52H53N5S7. The summed E-state index contributed by atoms with van der Waals surface area (Å²) in [7, 11) is 0. The number of fused-ring (bicyclic) bond motifs is 5. The lowest BCUT2D eigenvalue weighted by Gasteiger charge is -2.09. The molecule has 0 unspecified atom stereocenters. The van der Waals surface area contributed by atoms with Gasteiger partial charge in [0.15, 0.2) is 20.0 Å². The van der Waals surface area contributed by atoms with Crippen molar-refractivity contribution in [2.24, 2.45) is 0 Å². The minimum atomic E-state index is 1.02. The van der Waals surface area contributed by atoms with E-state index < -0.39 is 0 Å². The van der Waals surface area contributed by atoms with Crippen molar-refractivity contribution >= 4 is 111 Å². The van der Waals surface area contributed by atoms with Crippen LogP contribution in [0.5, 0.6) is 0 Å². The Balaban J connectivity index is 0.894. The van der Waals surface area contributed by atoms with Crippen molar-refractivity contribution in [3.63, 3.8) is 0 Å². The molecular weight excluding hydrogens is 919 g/mol. The molecule has 0 saturated heterocycles. The van der Waals surface area contributed by atoms with Crippen LogP contribution in [0.1, 0.15) is 108 Å². The van der Waals surface area contributed by atoms with Crippen LogP contribution in [0, 0.1) is 0 Å². The van der Waals surface area contributed by atoms with Crippen molar-refractivity contribution in [3.8, 4) is 60.4 Å². The summed E-state index contributed by atoms with van der Waals surface area (Å²) in [4.78, 5) is 29.4. The Hall–Kier alpha value is -3.88. The van der Waals surface area contributed by atoms with Crippen molar-refractivity contribution in [1.29, 1.82) is 0 Å². The third-order valence-electron chi connectivity index (χ3n) is 12.0. The molecule has 0 fully saturated rings. The molecule has 64 heavy (non-hydrogen) atoms. The third kappa shape index (κ3) is 9.39. The van der Waals surface area contributed by atoms with Gasteiger partial charge in [-0.3, -0.25) is 0 Å². The fourth-order valence-corrected chi connectivity index (χ4v) is 15.8. The summed E-state index contributed by atoms with van der Waals surface area (Å²) in [5, 5.41) is 6.85. The number of thiazole rings is 4. The number of benzene rings is 2. The first-order chi connectivity index (χ1) is 31.6. The zero-order chi connectivity index (χ0) is 43.4. The van der Waals surface area contributed by atoms with E-state index in [0.717, 1.165) is 39.4 Å². The summed E-state index contributed by atoms with van der Waals surface area (Å²) in [6.07, 6.45) is 25.6. The second kappa shape index (κ2) is 20.3. The number of rotatable bonds is 21. The molecule has 5 nitrogen and oxygen atoms in total. The smallest absolute Gasteiger partial charge is 0.152 e. The van der Waals surface area contributed by atoms with Gasteiger partial charge in [-0.05, 0) is 79.6 Å². The zero-order valence-electron chi connectivity index (χ0n) is 36.8. The highest BCUT2D eigenvalue weighted by atomic mass is 32.1. The third-order valence-corrected chi connectivity index (χ3v) is 20.2. The van der Waals surface area contributed by atoms with Gasteiger partial charge in [-0.25, -0.2) is 19.9 Å². The fourth-order valence-electron chi connectivity index (χ4n) is 8.56. The maximum atomic E-state index is 4.83. The molecule has 8 aromatic heterocycles. The molecule has 0 bridgehead atoms. The lowest BCUT2D eigenvalue weighted by molar-refractivity contribution is 0.603. The van der Waals surface area contributed by atoms with E-state index in [1.54, 1.807) is 45.3 Å². The molecule has 10 aromatic rings. The van der Waals surface area contributed by atoms with E-state index in [-0.39, 0.29) is 0 Å². The first-order valence-electron chi connectivity index (χ1n) is 23.1. The summed E-state index contributed by atoms with van der Waals surface area (Å²) >= 11 is 12.8. The van der Waals surface area contributed by atoms with Gasteiger partial charge in [-0.1, -0.05) is 103 Å². The number of unbranched alkanes of at least 4 members (excludes halogenated alkanes) is 9. The Morgan fingerprint density at radius 2 is 0.922 bits per heavy atom. The van der Waals surface area contributed by atoms with Gasteiger partial charge in [-0.2, -0.15) is 0 Å². The van der Waals surface area contributed by atoms with Crippen molar-refractivity contribution in [2.45, 2.75) is 117 Å². The van der Waals surface area contributed by atoms with E-state index in [9.17, 15) is 0 Å². The van der Waals surface area contributed by atoms with Gasteiger partial charge in [0.05, 0.1) is 25.5 Å². The topological polar surface area (TPSA) is 56.5 Å². The number of aromatic nitrogens is 5. The Kier molecular flexibility index (Phi) is 14.0. The zero-order valence-corrected chi connectivity index (χ0v) is 42.5. The van der Waals surface area contributed by atoms with Crippen molar-refractivity contribution < 1.29 is 0 Å². The maximum Gasteiger partial charge on any atom is 0.152 e. The Morgan fingerprint density at radius 1 is 0.422 bits per heavy atom. The Bertz CT molecular complexity index is 3120. The normalized spacial score (nSPS) is 12.0. The van der Waals surface area contributed by atoms with E-state index >= 15 is 0 Å². The molecule has 0 aliphatic heterocycles. The Morgan fingerprint density at radius 3 is 1.50 bits per heavy atom. The van der Waals surface area contributed by atoms with Crippen LogP contribution in [-0.2, 0) is 19.4 Å². The number of hydrogen-bond donors (Lipinski definition) is 0. The van der Waals surface area contributed by atoms with Gasteiger partial charge in [0, 0.05) is 76.1 Å². The molecule has 0 amide bonds. The summed E-state index contributed by atoms with van der Waals surface area (Å²) < 4.78 is 5.39. The lowest BCUT2D eigenvalue weighted by atomic mass is 10.1. The molecule has 12 heteroatoms. The maximum absolute atomic E-state index is 4.83. The number of hydrogen-bond acceptors (Lipinski definition) is 11. The summed E-state index contributed by atoms with van der Waals surface area (Å²) in [6, 6.07) is 23.4. The molecule has 2 aromatic carbocycles. The van der Waals surface area contributed by atoms with E-state index in [4.69, 9.17) is 19.9 Å². The number of aryl methyl sites for hydroxylation is 3.